The molecule has 0 unspecified atom stereocenters. The Kier molecular flexibility index (Phi) is 3.96. The van der Waals surface area contributed by atoms with Crippen LogP contribution in [0.5, 0.6) is 0 Å². The molecule has 3 heterocycles. The molecule has 0 fully saturated rings. The first kappa shape index (κ1) is 14.1. The number of rotatable bonds is 4. The van der Waals surface area contributed by atoms with Gasteiger partial charge in [0.1, 0.15) is 5.82 Å². The van der Waals surface area contributed by atoms with E-state index in [4.69, 9.17) is 0 Å². The molecule has 0 radical (unpaired) electrons. The van der Waals surface area contributed by atoms with E-state index < -0.39 is 0 Å². The van der Waals surface area contributed by atoms with Gasteiger partial charge in [0, 0.05) is 37.3 Å². The second-order valence-corrected chi connectivity index (χ2v) is 5.99. The molecule has 1 N–H and O–H groups in total. The molecule has 112 valence electrons. The molecule has 2 aromatic heterocycles. The highest BCUT2D eigenvalue weighted by Crippen LogP contribution is 2.17. The Bertz CT molecular complexity index is 601. The van der Waals surface area contributed by atoms with Gasteiger partial charge in [0.15, 0.2) is 5.82 Å². The fraction of sp³-hybridized carbons (Fsp3) is 0.600. The summed E-state index contributed by atoms with van der Waals surface area (Å²) in [6.45, 7) is 7.84. The zero-order chi connectivity index (χ0) is 14.8. The summed E-state index contributed by atoms with van der Waals surface area (Å²) in [6.07, 6.45) is 5.72. The Morgan fingerprint density at radius 3 is 2.90 bits per heavy atom. The van der Waals surface area contributed by atoms with E-state index in [9.17, 15) is 0 Å². The predicted molar refractivity (Wildman–Crippen MR) is 79.8 cm³/mol. The summed E-state index contributed by atoms with van der Waals surface area (Å²) in [4.78, 5) is 13.3. The number of aryl methyl sites for hydroxylation is 2. The van der Waals surface area contributed by atoms with Gasteiger partial charge in [0.25, 0.3) is 0 Å². The van der Waals surface area contributed by atoms with Gasteiger partial charge in [-0.15, -0.1) is 0 Å². The maximum atomic E-state index is 4.61. The van der Waals surface area contributed by atoms with Crippen molar-refractivity contribution in [1.82, 2.24) is 30.0 Å². The first-order valence-electron chi connectivity index (χ1n) is 7.56. The van der Waals surface area contributed by atoms with E-state index in [2.05, 4.69) is 43.9 Å². The lowest BCUT2D eigenvalue weighted by Gasteiger charge is -2.23. The monoisotopic (exact) mass is 286 g/mol. The van der Waals surface area contributed by atoms with Gasteiger partial charge in [-0.1, -0.05) is 13.8 Å². The Labute approximate surface area is 125 Å². The number of hydrogen-bond acceptors (Lipinski definition) is 5. The third kappa shape index (κ3) is 3.26. The highest BCUT2D eigenvalue weighted by Gasteiger charge is 2.22. The van der Waals surface area contributed by atoms with Gasteiger partial charge in [-0.05, 0) is 13.3 Å². The van der Waals surface area contributed by atoms with Crippen LogP contribution in [0.15, 0.2) is 12.4 Å². The molecule has 1 aliphatic rings. The van der Waals surface area contributed by atoms with Crippen LogP contribution in [0.2, 0.25) is 0 Å². The first-order chi connectivity index (χ1) is 10.1. The van der Waals surface area contributed by atoms with Gasteiger partial charge in [-0.2, -0.15) is 5.10 Å². The molecule has 21 heavy (non-hydrogen) atoms. The Morgan fingerprint density at radius 2 is 2.19 bits per heavy atom. The molecular weight excluding hydrogens is 264 g/mol. The van der Waals surface area contributed by atoms with Crippen LogP contribution < -0.4 is 5.32 Å². The molecule has 0 aliphatic carbocycles. The molecule has 0 bridgehead atoms. The van der Waals surface area contributed by atoms with E-state index in [1.807, 2.05) is 19.3 Å². The smallest absolute Gasteiger partial charge is 0.153 e. The van der Waals surface area contributed by atoms with Gasteiger partial charge < -0.3 is 5.32 Å². The number of hydrogen-bond donors (Lipinski definition) is 1. The van der Waals surface area contributed by atoms with Crippen LogP contribution in [-0.2, 0) is 19.5 Å². The highest BCUT2D eigenvalue weighted by molar-refractivity contribution is 5.03. The lowest BCUT2D eigenvalue weighted by atomic mass is 10.1. The van der Waals surface area contributed by atoms with E-state index in [1.165, 1.54) is 0 Å². The van der Waals surface area contributed by atoms with Crippen molar-refractivity contribution >= 4 is 0 Å². The normalized spacial score (nSPS) is 18.0. The quantitative estimate of drug-likeness (QED) is 0.924. The Morgan fingerprint density at radius 1 is 1.33 bits per heavy atom. The fourth-order valence-corrected chi connectivity index (χ4v) is 2.50. The molecule has 1 aliphatic heterocycles. The van der Waals surface area contributed by atoms with Crippen molar-refractivity contribution in [2.45, 2.75) is 58.7 Å². The largest absolute Gasteiger partial charge is 0.306 e. The van der Waals surface area contributed by atoms with Crippen molar-refractivity contribution < 1.29 is 0 Å². The molecule has 1 atom stereocenters. The van der Waals surface area contributed by atoms with Crippen molar-refractivity contribution in [3.63, 3.8) is 0 Å². The van der Waals surface area contributed by atoms with Crippen molar-refractivity contribution in [2.24, 2.45) is 0 Å². The minimum absolute atomic E-state index is 0.386. The van der Waals surface area contributed by atoms with E-state index >= 15 is 0 Å². The van der Waals surface area contributed by atoms with Crippen molar-refractivity contribution in [3.8, 4) is 0 Å². The Hall–Kier alpha value is -1.82. The van der Waals surface area contributed by atoms with E-state index in [1.54, 1.807) is 0 Å². The number of fused-ring (bicyclic) bond motifs is 1. The van der Waals surface area contributed by atoms with Crippen molar-refractivity contribution in [2.75, 3.05) is 0 Å². The van der Waals surface area contributed by atoms with Crippen LogP contribution in [0.3, 0.4) is 0 Å². The highest BCUT2D eigenvalue weighted by atomic mass is 15.4. The van der Waals surface area contributed by atoms with Crippen LogP contribution in [-0.4, -0.2) is 30.8 Å². The molecule has 6 nitrogen and oxygen atoms in total. The summed E-state index contributed by atoms with van der Waals surface area (Å²) in [7, 11) is 0. The molecule has 0 saturated heterocycles. The lowest BCUT2D eigenvalue weighted by Crippen LogP contribution is -2.37. The standard InChI is InChI=1S/C15H22N6/c1-10(2)15-19-14-5-4-12(9-21(14)20-15)18-8-13-7-16-11(3)6-17-13/h6-7,10,12,18H,4-5,8-9H2,1-3H3/t12-/m0/s1. The van der Waals surface area contributed by atoms with Gasteiger partial charge >= 0.3 is 0 Å². The van der Waals surface area contributed by atoms with Gasteiger partial charge in [0.05, 0.1) is 17.9 Å². The summed E-state index contributed by atoms with van der Waals surface area (Å²) >= 11 is 0. The summed E-state index contributed by atoms with van der Waals surface area (Å²) in [5.41, 5.74) is 1.93. The van der Waals surface area contributed by atoms with E-state index in [-0.39, 0.29) is 0 Å². The van der Waals surface area contributed by atoms with Crippen LogP contribution in [0.4, 0.5) is 0 Å². The van der Waals surface area contributed by atoms with Crippen molar-refractivity contribution in [1.29, 1.82) is 0 Å². The third-order valence-electron chi connectivity index (χ3n) is 3.80. The second kappa shape index (κ2) is 5.89. The number of nitrogens with one attached hydrogen (secondary N) is 1. The SMILES string of the molecule is Cc1cnc(CN[C@H]2CCc3nc(C(C)C)nn3C2)cn1. The van der Waals surface area contributed by atoms with Crippen LogP contribution in [0, 0.1) is 6.92 Å². The van der Waals surface area contributed by atoms with E-state index in [0.29, 0.717) is 12.0 Å². The van der Waals surface area contributed by atoms with Gasteiger partial charge in [0.2, 0.25) is 0 Å². The van der Waals surface area contributed by atoms with Crippen LogP contribution >= 0.6 is 0 Å². The maximum absolute atomic E-state index is 4.61. The summed E-state index contributed by atoms with van der Waals surface area (Å²) in [6, 6.07) is 0.419. The molecule has 0 saturated carbocycles. The minimum Gasteiger partial charge on any atom is -0.306 e. The summed E-state index contributed by atoms with van der Waals surface area (Å²) < 4.78 is 2.05. The first-order valence-corrected chi connectivity index (χ1v) is 7.56. The number of nitrogens with zero attached hydrogens (tertiary/aromatic N) is 5. The van der Waals surface area contributed by atoms with Gasteiger partial charge in [-0.3, -0.25) is 9.97 Å². The zero-order valence-electron chi connectivity index (χ0n) is 12.9. The van der Waals surface area contributed by atoms with Crippen LogP contribution in [0.1, 0.15) is 49.2 Å². The average molecular weight is 286 g/mol. The fourth-order valence-electron chi connectivity index (χ4n) is 2.50. The van der Waals surface area contributed by atoms with Crippen LogP contribution in [0.25, 0.3) is 0 Å². The topological polar surface area (TPSA) is 68.5 Å². The molecule has 0 amide bonds. The predicted octanol–water partition coefficient (Wildman–Crippen LogP) is 1.60. The minimum atomic E-state index is 0.386. The molecule has 0 spiro atoms. The van der Waals surface area contributed by atoms with E-state index in [0.717, 1.165) is 49.0 Å². The lowest BCUT2D eigenvalue weighted by molar-refractivity contribution is 0.356. The van der Waals surface area contributed by atoms with Gasteiger partial charge in [-0.25, -0.2) is 9.67 Å². The van der Waals surface area contributed by atoms with Crippen molar-refractivity contribution in [3.05, 3.63) is 35.4 Å². The zero-order valence-corrected chi connectivity index (χ0v) is 12.9. The second-order valence-electron chi connectivity index (χ2n) is 5.99. The molecule has 2 aromatic rings. The average Bonchev–Trinajstić information content (AvgIpc) is 2.90. The summed E-state index contributed by atoms with van der Waals surface area (Å²) in [5, 5.41) is 8.15. The summed E-state index contributed by atoms with van der Waals surface area (Å²) in [5.74, 6) is 2.46. The molecule has 6 heteroatoms. The third-order valence-corrected chi connectivity index (χ3v) is 3.80. The molecule has 0 aromatic carbocycles. The Balaban J connectivity index is 1.59. The maximum Gasteiger partial charge on any atom is 0.153 e. The number of aromatic nitrogens is 5. The molecular formula is C15H22N6. The molecule has 3 rings (SSSR count).